The number of halogens is 1. The zero-order valence-electron chi connectivity index (χ0n) is 11.3. The molecule has 0 spiro atoms. The highest BCUT2D eigenvalue weighted by Gasteiger charge is 2.31. The molecule has 0 radical (unpaired) electrons. The van der Waals surface area contributed by atoms with Crippen molar-refractivity contribution >= 4 is 39.2 Å². The molecule has 1 N–H and O–H groups in total. The van der Waals surface area contributed by atoms with Gasteiger partial charge in [-0.1, -0.05) is 21.1 Å². The maximum absolute atomic E-state index is 12.2. The Hall–Kier alpha value is -2.22. The summed E-state index contributed by atoms with van der Waals surface area (Å²) in [6.07, 6.45) is 0. The van der Waals surface area contributed by atoms with Crippen LogP contribution >= 0.6 is 15.9 Å². The predicted octanol–water partition coefficient (Wildman–Crippen LogP) is 1.60. The molecule has 112 valence electrons. The van der Waals surface area contributed by atoms with E-state index in [9.17, 15) is 14.4 Å². The van der Waals surface area contributed by atoms with Gasteiger partial charge in [-0.15, -0.1) is 0 Å². The number of nitrogens with zero attached hydrogens (tertiary/aromatic N) is 1. The quantitative estimate of drug-likeness (QED) is 0.158. The maximum Gasteiger partial charge on any atom is 0.381 e. The molecule has 7 nitrogen and oxygen atoms in total. The van der Waals surface area contributed by atoms with Gasteiger partial charge < -0.3 is 14.7 Å². The van der Waals surface area contributed by atoms with Crippen LogP contribution in [0, 0.1) is 0 Å². The number of carbonyl (C=O) groups is 3. The van der Waals surface area contributed by atoms with Gasteiger partial charge in [0.1, 0.15) is 5.75 Å². The average Bonchev–Trinajstić information content (AvgIpc) is 2.47. The molecule has 1 rings (SSSR count). The Morgan fingerprint density at radius 2 is 2.00 bits per heavy atom. The number of carbonyl (C=O) groups excluding carboxylic acids is 3. The van der Waals surface area contributed by atoms with Crippen LogP contribution in [0.4, 0.5) is 0 Å². The van der Waals surface area contributed by atoms with E-state index < -0.39 is 23.2 Å². The summed E-state index contributed by atoms with van der Waals surface area (Å²) in [6, 6.07) is 4.49. The van der Waals surface area contributed by atoms with Gasteiger partial charge in [0.15, 0.2) is 0 Å². The lowest BCUT2D eigenvalue weighted by Gasteiger charge is -2.08. The van der Waals surface area contributed by atoms with Crippen molar-refractivity contribution in [1.29, 1.82) is 0 Å². The Bertz CT molecular complexity index is 611. The molecule has 8 heteroatoms. The maximum atomic E-state index is 12.2. The number of esters is 1. The van der Waals surface area contributed by atoms with E-state index in [1.54, 1.807) is 6.07 Å². The van der Waals surface area contributed by atoms with Crippen LogP contribution in [0.5, 0.6) is 5.75 Å². The lowest BCUT2D eigenvalue weighted by atomic mass is 10.0. The number of benzene rings is 1. The zero-order chi connectivity index (χ0) is 16.0. The molecular formula is C13H12BrNO6. The van der Waals surface area contributed by atoms with E-state index in [1.165, 1.54) is 26.2 Å². The first-order valence-corrected chi connectivity index (χ1v) is 6.57. The molecule has 0 aromatic heterocycles. The minimum Gasteiger partial charge on any atom is -0.496 e. The Morgan fingerprint density at radius 3 is 2.52 bits per heavy atom. The summed E-state index contributed by atoms with van der Waals surface area (Å²) >= 11 is 3.17. The Labute approximate surface area is 128 Å². The molecule has 0 amide bonds. The van der Waals surface area contributed by atoms with E-state index in [-0.39, 0.29) is 17.9 Å². The van der Waals surface area contributed by atoms with E-state index in [0.717, 1.165) is 0 Å². The van der Waals surface area contributed by atoms with Crippen LogP contribution in [0.3, 0.4) is 0 Å². The molecule has 1 aromatic rings. The summed E-state index contributed by atoms with van der Waals surface area (Å²) in [5.74, 6) is -3.38. The fraction of sp³-hybridized carbons (Fsp3) is 0.231. The zero-order valence-corrected chi connectivity index (χ0v) is 12.8. The number of oxime groups is 1. The van der Waals surface area contributed by atoms with Crippen LogP contribution in [0.25, 0.3) is 0 Å². The first-order chi connectivity index (χ1) is 9.96. The van der Waals surface area contributed by atoms with Crippen molar-refractivity contribution in [3.63, 3.8) is 0 Å². The highest BCUT2D eigenvalue weighted by molar-refractivity contribution is 9.10. The molecule has 0 unspecified atom stereocenters. The third-order valence-electron chi connectivity index (χ3n) is 2.40. The third-order valence-corrected chi connectivity index (χ3v) is 2.89. The molecule has 0 aliphatic heterocycles. The van der Waals surface area contributed by atoms with Crippen molar-refractivity contribution < 1.29 is 29.1 Å². The molecule has 0 saturated heterocycles. The van der Waals surface area contributed by atoms with Crippen LogP contribution in [0.15, 0.2) is 27.8 Å². The standard InChI is InChI=1S/C13H12BrNO6/c1-3-21-13(18)12(17)10(15-19)11(16)8-6-7(14)4-5-9(8)20-2/h4-6,19H,3H2,1-2H3/b15-10+. The number of hydrogen-bond donors (Lipinski definition) is 1. The summed E-state index contributed by atoms with van der Waals surface area (Å²) < 4.78 is 10.0. The highest BCUT2D eigenvalue weighted by Crippen LogP contribution is 2.24. The van der Waals surface area contributed by atoms with Crippen LogP contribution in [-0.4, -0.2) is 42.2 Å². The molecule has 0 saturated carbocycles. The normalized spacial score (nSPS) is 10.9. The van der Waals surface area contributed by atoms with Crippen molar-refractivity contribution in [2.24, 2.45) is 5.16 Å². The summed E-state index contributed by atoms with van der Waals surface area (Å²) in [6.45, 7) is 1.46. The molecule has 0 aliphatic carbocycles. The Morgan fingerprint density at radius 1 is 1.33 bits per heavy atom. The van der Waals surface area contributed by atoms with E-state index in [1.807, 2.05) is 0 Å². The van der Waals surface area contributed by atoms with Gasteiger partial charge in [-0.3, -0.25) is 9.59 Å². The molecular weight excluding hydrogens is 346 g/mol. The van der Waals surface area contributed by atoms with Gasteiger partial charge in [-0.25, -0.2) is 4.79 Å². The van der Waals surface area contributed by atoms with E-state index in [0.29, 0.717) is 4.47 Å². The van der Waals surface area contributed by atoms with Gasteiger partial charge in [-0.05, 0) is 25.1 Å². The van der Waals surface area contributed by atoms with Crippen LogP contribution in [0.2, 0.25) is 0 Å². The van der Waals surface area contributed by atoms with E-state index in [4.69, 9.17) is 9.94 Å². The third kappa shape index (κ3) is 3.88. The SMILES string of the molecule is CCOC(=O)C(=O)/C(=N/O)C(=O)c1cc(Br)ccc1OC. The fourth-order valence-electron chi connectivity index (χ4n) is 1.47. The van der Waals surface area contributed by atoms with Gasteiger partial charge in [0, 0.05) is 4.47 Å². The van der Waals surface area contributed by atoms with Gasteiger partial charge >= 0.3 is 5.97 Å². The Balaban J connectivity index is 3.19. The fourth-order valence-corrected chi connectivity index (χ4v) is 1.83. The Kier molecular flexibility index (Phi) is 6.04. The number of ketones is 2. The van der Waals surface area contributed by atoms with Crippen LogP contribution in [0.1, 0.15) is 17.3 Å². The van der Waals surface area contributed by atoms with Gasteiger partial charge in [-0.2, -0.15) is 0 Å². The summed E-state index contributed by atoms with van der Waals surface area (Å²) in [5.41, 5.74) is -0.970. The van der Waals surface area contributed by atoms with Crippen molar-refractivity contribution in [2.45, 2.75) is 6.92 Å². The first kappa shape index (κ1) is 16.8. The van der Waals surface area contributed by atoms with Crippen LogP contribution in [-0.2, 0) is 14.3 Å². The largest absolute Gasteiger partial charge is 0.496 e. The topological polar surface area (TPSA) is 102 Å². The van der Waals surface area contributed by atoms with Gasteiger partial charge in [0.25, 0.3) is 5.78 Å². The molecule has 21 heavy (non-hydrogen) atoms. The average molecular weight is 358 g/mol. The van der Waals surface area contributed by atoms with Gasteiger partial charge in [0.2, 0.25) is 11.5 Å². The van der Waals surface area contributed by atoms with Crippen molar-refractivity contribution in [2.75, 3.05) is 13.7 Å². The van der Waals surface area contributed by atoms with Crippen molar-refractivity contribution in [3.05, 3.63) is 28.2 Å². The summed E-state index contributed by atoms with van der Waals surface area (Å²) in [4.78, 5) is 35.3. The minimum atomic E-state index is -1.33. The highest BCUT2D eigenvalue weighted by atomic mass is 79.9. The number of Topliss-reactive ketones (excluding diaryl/α,β-unsaturated/α-hetero) is 2. The lowest BCUT2D eigenvalue weighted by Crippen LogP contribution is -2.32. The first-order valence-electron chi connectivity index (χ1n) is 5.78. The second kappa shape index (κ2) is 7.53. The smallest absolute Gasteiger partial charge is 0.381 e. The van der Waals surface area contributed by atoms with Crippen molar-refractivity contribution in [3.8, 4) is 5.75 Å². The number of hydrogen-bond acceptors (Lipinski definition) is 7. The second-order valence-corrected chi connectivity index (χ2v) is 4.59. The van der Waals surface area contributed by atoms with E-state index in [2.05, 4.69) is 25.8 Å². The van der Waals surface area contributed by atoms with Gasteiger partial charge in [0.05, 0.1) is 19.3 Å². The molecule has 1 aromatic carbocycles. The summed E-state index contributed by atoms with van der Waals surface area (Å²) in [5, 5.41) is 11.5. The number of methoxy groups -OCH3 is 1. The van der Waals surface area contributed by atoms with E-state index >= 15 is 0 Å². The number of rotatable bonds is 6. The molecule has 0 heterocycles. The lowest BCUT2D eigenvalue weighted by molar-refractivity contribution is -0.150. The number of ether oxygens (including phenoxy) is 2. The van der Waals surface area contributed by atoms with Crippen molar-refractivity contribution in [1.82, 2.24) is 0 Å². The monoisotopic (exact) mass is 357 g/mol. The second-order valence-electron chi connectivity index (χ2n) is 3.67. The molecule has 0 bridgehead atoms. The minimum absolute atomic E-state index is 0.0303. The predicted molar refractivity (Wildman–Crippen MR) is 75.9 cm³/mol. The molecule has 0 fully saturated rings. The molecule has 0 aliphatic rings. The van der Waals surface area contributed by atoms with Crippen LogP contribution < -0.4 is 4.74 Å². The summed E-state index contributed by atoms with van der Waals surface area (Å²) in [7, 11) is 1.34. The molecule has 0 atom stereocenters.